The van der Waals surface area contributed by atoms with Gasteiger partial charge in [-0.1, -0.05) is 0 Å². The first-order valence-electron chi connectivity index (χ1n) is 5.64. The lowest BCUT2D eigenvalue weighted by molar-refractivity contribution is -0.125. The molecule has 1 heterocycles. The molecule has 2 rings (SSSR count). The number of carbonyl (C=O) groups excluding carboxylic acids is 2. The van der Waals surface area contributed by atoms with E-state index in [4.69, 9.17) is 0 Å². The third-order valence-electron chi connectivity index (χ3n) is 2.88. The number of nitrogens with one attached hydrogen (secondary N) is 2. The van der Waals surface area contributed by atoms with E-state index in [1.165, 1.54) is 17.0 Å². The highest BCUT2D eigenvalue weighted by Gasteiger charge is 2.26. The zero-order valence-electron chi connectivity index (χ0n) is 10.0. The maximum Gasteiger partial charge on any atom is 0.245 e. The van der Waals surface area contributed by atoms with E-state index in [1.54, 1.807) is 19.2 Å². The molecule has 0 saturated carbocycles. The summed E-state index contributed by atoms with van der Waals surface area (Å²) in [7, 11) is 1.66. The van der Waals surface area contributed by atoms with Crippen LogP contribution >= 0.6 is 0 Å². The smallest absolute Gasteiger partial charge is 0.245 e. The molecule has 2 amide bonds. The molecular weight excluding hydrogens is 234 g/mol. The summed E-state index contributed by atoms with van der Waals surface area (Å²) < 4.78 is 0. The summed E-state index contributed by atoms with van der Waals surface area (Å²) in [5.41, 5.74) is 0.691. The summed E-state index contributed by atoms with van der Waals surface area (Å²) in [5.74, 6) is -0.0744. The predicted molar refractivity (Wildman–Crippen MR) is 66.3 cm³/mol. The van der Waals surface area contributed by atoms with Gasteiger partial charge in [0.2, 0.25) is 11.8 Å². The Morgan fingerprint density at radius 3 is 2.61 bits per heavy atom. The first-order chi connectivity index (χ1) is 8.58. The molecule has 0 bridgehead atoms. The molecule has 6 nitrogen and oxygen atoms in total. The SMILES string of the molecule is CN(C(=O)C1CNC(=O)CN1)c1ccc(O)cc1. The topological polar surface area (TPSA) is 81.7 Å². The van der Waals surface area contributed by atoms with Crippen molar-refractivity contribution in [3.05, 3.63) is 24.3 Å². The van der Waals surface area contributed by atoms with Gasteiger partial charge in [-0.05, 0) is 24.3 Å². The normalized spacial score (nSPS) is 19.2. The third-order valence-corrected chi connectivity index (χ3v) is 2.88. The Bertz CT molecular complexity index is 448. The number of hydrogen-bond acceptors (Lipinski definition) is 4. The Morgan fingerprint density at radius 2 is 2.06 bits per heavy atom. The second-order valence-electron chi connectivity index (χ2n) is 4.15. The fraction of sp³-hybridized carbons (Fsp3) is 0.333. The lowest BCUT2D eigenvalue weighted by Crippen LogP contribution is -2.58. The van der Waals surface area contributed by atoms with Crippen molar-refractivity contribution in [2.24, 2.45) is 0 Å². The van der Waals surface area contributed by atoms with E-state index in [-0.39, 0.29) is 24.1 Å². The van der Waals surface area contributed by atoms with E-state index in [2.05, 4.69) is 10.6 Å². The second-order valence-corrected chi connectivity index (χ2v) is 4.15. The Hall–Kier alpha value is -2.08. The molecule has 0 aromatic heterocycles. The molecule has 6 heteroatoms. The number of aromatic hydroxyl groups is 1. The number of likely N-dealkylation sites (N-methyl/N-ethyl adjacent to an activating group) is 1. The summed E-state index contributed by atoms with van der Waals surface area (Å²) in [6.07, 6.45) is 0. The number of hydrogen-bond donors (Lipinski definition) is 3. The van der Waals surface area contributed by atoms with Crippen molar-refractivity contribution in [2.75, 3.05) is 25.0 Å². The molecule has 96 valence electrons. The van der Waals surface area contributed by atoms with Gasteiger partial charge < -0.3 is 15.3 Å². The van der Waals surface area contributed by atoms with Gasteiger partial charge in [0, 0.05) is 19.3 Å². The Labute approximate surface area is 105 Å². The molecular formula is C12H15N3O3. The summed E-state index contributed by atoms with van der Waals surface area (Å²) >= 11 is 0. The molecule has 1 atom stereocenters. The van der Waals surface area contributed by atoms with Crippen LogP contribution in [0.15, 0.2) is 24.3 Å². The van der Waals surface area contributed by atoms with E-state index in [9.17, 15) is 14.7 Å². The van der Waals surface area contributed by atoms with Crippen molar-refractivity contribution in [1.29, 1.82) is 0 Å². The van der Waals surface area contributed by atoms with E-state index >= 15 is 0 Å². The van der Waals surface area contributed by atoms with E-state index in [1.807, 2.05) is 0 Å². The molecule has 1 aliphatic rings. The van der Waals surface area contributed by atoms with Crippen LogP contribution in [-0.4, -0.2) is 43.1 Å². The summed E-state index contributed by atoms with van der Waals surface area (Å²) in [5, 5.41) is 14.7. The number of benzene rings is 1. The molecule has 1 aromatic carbocycles. The molecule has 3 N–H and O–H groups in total. The number of anilines is 1. The predicted octanol–water partition coefficient (Wildman–Crippen LogP) is -0.557. The first-order valence-corrected chi connectivity index (χ1v) is 5.64. The van der Waals surface area contributed by atoms with Crippen LogP contribution in [0, 0.1) is 0 Å². The maximum absolute atomic E-state index is 12.1. The quantitative estimate of drug-likeness (QED) is 0.656. The zero-order chi connectivity index (χ0) is 13.1. The molecule has 1 fully saturated rings. The summed E-state index contributed by atoms with van der Waals surface area (Å²) in [4.78, 5) is 24.6. The lowest BCUT2D eigenvalue weighted by Gasteiger charge is -2.27. The van der Waals surface area contributed by atoms with Crippen LogP contribution in [0.3, 0.4) is 0 Å². The van der Waals surface area contributed by atoms with Crippen LogP contribution in [0.25, 0.3) is 0 Å². The highest BCUT2D eigenvalue weighted by molar-refractivity contribution is 5.98. The van der Waals surface area contributed by atoms with Crippen LogP contribution in [0.1, 0.15) is 0 Å². The third kappa shape index (κ3) is 2.60. The van der Waals surface area contributed by atoms with E-state index in [0.717, 1.165) is 0 Å². The minimum absolute atomic E-state index is 0.105. The van der Waals surface area contributed by atoms with Gasteiger partial charge in [-0.3, -0.25) is 14.9 Å². The summed E-state index contributed by atoms with van der Waals surface area (Å²) in [6.45, 7) is 0.444. The standard InChI is InChI=1S/C12H15N3O3/c1-15(8-2-4-9(16)5-3-8)12(18)10-6-14-11(17)7-13-10/h2-5,10,13,16H,6-7H2,1H3,(H,14,17). The van der Waals surface area contributed by atoms with Gasteiger partial charge in [0.1, 0.15) is 11.8 Å². The van der Waals surface area contributed by atoms with Gasteiger partial charge in [0.25, 0.3) is 0 Å². The number of nitrogens with zero attached hydrogens (tertiary/aromatic N) is 1. The molecule has 1 saturated heterocycles. The zero-order valence-corrected chi connectivity index (χ0v) is 10.0. The fourth-order valence-electron chi connectivity index (χ4n) is 1.78. The summed E-state index contributed by atoms with van der Waals surface area (Å²) in [6, 6.07) is 5.95. The number of amides is 2. The van der Waals surface area contributed by atoms with Crippen LogP contribution in [-0.2, 0) is 9.59 Å². The van der Waals surface area contributed by atoms with Crippen molar-refractivity contribution >= 4 is 17.5 Å². The Morgan fingerprint density at radius 1 is 1.39 bits per heavy atom. The largest absolute Gasteiger partial charge is 0.508 e. The number of rotatable bonds is 2. The van der Waals surface area contributed by atoms with Gasteiger partial charge in [0.15, 0.2) is 0 Å². The first kappa shape index (κ1) is 12.4. The Balaban J connectivity index is 2.04. The average molecular weight is 249 g/mol. The number of phenols is 1. The second kappa shape index (κ2) is 5.05. The van der Waals surface area contributed by atoms with Crippen LogP contribution in [0.5, 0.6) is 5.75 Å². The molecule has 18 heavy (non-hydrogen) atoms. The number of piperazine rings is 1. The molecule has 0 aliphatic carbocycles. The van der Waals surface area contributed by atoms with Crippen molar-refractivity contribution in [3.8, 4) is 5.75 Å². The van der Waals surface area contributed by atoms with Gasteiger partial charge >= 0.3 is 0 Å². The molecule has 1 unspecified atom stereocenters. The minimum atomic E-state index is -0.415. The van der Waals surface area contributed by atoms with E-state index < -0.39 is 6.04 Å². The lowest BCUT2D eigenvalue weighted by atomic mass is 10.2. The highest BCUT2D eigenvalue weighted by atomic mass is 16.3. The molecule has 0 spiro atoms. The van der Waals surface area contributed by atoms with Crippen molar-refractivity contribution in [1.82, 2.24) is 10.6 Å². The monoisotopic (exact) mass is 249 g/mol. The molecule has 1 aliphatic heterocycles. The van der Waals surface area contributed by atoms with Gasteiger partial charge in [-0.15, -0.1) is 0 Å². The maximum atomic E-state index is 12.1. The van der Waals surface area contributed by atoms with Crippen molar-refractivity contribution in [3.63, 3.8) is 0 Å². The molecule has 1 aromatic rings. The number of carbonyl (C=O) groups is 2. The highest BCUT2D eigenvalue weighted by Crippen LogP contribution is 2.17. The van der Waals surface area contributed by atoms with E-state index in [0.29, 0.717) is 12.2 Å². The van der Waals surface area contributed by atoms with Gasteiger partial charge in [0.05, 0.1) is 6.54 Å². The Kier molecular flexibility index (Phi) is 3.47. The fourth-order valence-corrected chi connectivity index (χ4v) is 1.78. The number of phenolic OH excluding ortho intramolecular Hbond substituents is 1. The molecule has 0 radical (unpaired) electrons. The van der Waals surface area contributed by atoms with Gasteiger partial charge in [-0.25, -0.2) is 0 Å². The van der Waals surface area contributed by atoms with Gasteiger partial charge in [-0.2, -0.15) is 0 Å². The van der Waals surface area contributed by atoms with Crippen LogP contribution in [0.4, 0.5) is 5.69 Å². The van der Waals surface area contributed by atoms with Crippen LogP contribution < -0.4 is 15.5 Å². The average Bonchev–Trinajstić information content (AvgIpc) is 2.39. The van der Waals surface area contributed by atoms with Crippen LogP contribution in [0.2, 0.25) is 0 Å². The van der Waals surface area contributed by atoms with Crippen molar-refractivity contribution < 1.29 is 14.7 Å². The van der Waals surface area contributed by atoms with Crippen molar-refractivity contribution in [2.45, 2.75) is 6.04 Å². The minimum Gasteiger partial charge on any atom is -0.508 e.